The number of benzene rings is 1. The van der Waals surface area contributed by atoms with Crippen molar-refractivity contribution in [3.63, 3.8) is 0 Å². The summed E-state index contributed by atoms with van der Waals surface area (Å²) in [6.45, 7) is 0.349. The van der Waals surface area contributed by atoms with Gasteiger partial charge in [-0.2, -0.15) is 4.31 Å². The number of ether oxygens (including phenoxy) is 1. The molecule has 1 aromatic rings. The minimum atomic E-state index is -3.88. The van der Waals surface area contributed by atoms with Gasteiger partial charge in [-0.3, -0.25) is 4.79 Å². The maximum absolute atomic E-state index is 13.1. The molecule has 2 N–H and O–H groups in total. The van der Waals surface area contributed by atoms with E-state index in [0.717, 1.165) is 0 Å². The van der Waals surface area contributed by atoms with Crippen molar-refractivity contribution in [2.24, 2.45) is 0 Å². The van der Waals surface area contributed by atoms with Crippen LogP contribution in [0.1, 0.15) is 31.2 Å². The highest BCUT2D eigenvalue weighted by atomic mass is 32.2. The summed E-state index contributed by atoms with van der Waals surface area (Å²) < 4.78 is 32.8. The molecule has 0 aromatic heterocycles. The molecule has 1 atom stereocenters. The number of sulfonamides is 1. The number of hydrogen-bond donors (Lipinski definition) is 2. The van der Waals surface area contributed by atoms with Crippen LogP contribution in [0.25, 0.3) is 0 Å². The van der Waals surface area contributed by atoms with E-state index >= 15 is 0 Å². The van der Waals surface area contributed by atoms with Crippen LogP contribution in [0.2, 0.25) is 0 Å². The first-order valence-electron chi connectivity index (χ1n) is 7.91. The van der Waals surface area contributed by atoms with Gasteiger partial charge in [-0.05, 0) is 43.4 Å². The van der Waals surface area contributed by atoms with E-state index in [1.807, 2.05) is 0 Å². The Balaban J connectivity index is 2.00. The first-order chi connectivity index (χ1) is 11.3. The number of aliphatic carboxylic acids is 1. The van der Waals surface area contributed by atoms with Crippen LogP contribution in [-0.4, -0.2) is 54.2 Å². The lowest BCUT2D eigenvalue weighted by Gasteiger charge is -2.28. The van der Waals surface area contributed by atoms with Crippen LogP contribution < -0.4 is 4.74 Å². The summed E-state index contributed by atoms with van der Waals surface area (Å²) in [5.74, 6) is -0.854. The Kier molecular flexibility index (Phi) is 4.31. The third-order valence-electron chi connectivity index (χ3n) is 4.76. The average Bonchev–Trinajstić information content (AvgIpc) is 3.07. The van der Waals surface area contributed by atoms with Crippen molar-refractivity contribution >= 4 is 16.0 Å². The Morgan fingerprint density at radius 3 is 2.71 bits per heavy atom. The number of carboxylic acid groups (broad SMARTS) is 1. The van der Waals surface area contributed by atoms with Gasteiger partial charge in [0, 0.05) is 6.54 Å². The molecule has 24 heavy (non-hydrogen) atoms. The molecule has 8 heteroatoms. The van der Waals surface area contributed by atoms with Crippen LogP contribution in [0, 0.1) is 0 Å². The summed E-state index contributed by atoms with van der Waals surface area (Å²) >= 11 is 0. The molecule has 1 saturated heterocycles. The second-order valence-corrected chi connectivity index (χ2v) is 8.29. The van der Waals surface area contributed by atoms with Crippen LogP contribution >= 0.6 is 0 Å². The fraction of sp³-hybridized carbons (Fsp3) is 0.562. The molecule has 2 aliphatic rings. The van der Waals surface area contributed by atoms with Gasteiger partial charge >= 0.3 is 5.97 Å². The fourth-order valence-corrected chi connectivity index (χ4v) is 5.32. The van der Waals surface area contributed by atoms with E-state index < -0.39 is 27.6 Å². The highest BCUT2D eigenvalue weighted by Crippen LogP contribution is 2.46. The number of rotatable bonds is 6. The van der Waals surface area contributed by atoms with Crippen LogP contribution in [0.5, 0.6) is 5.75 Å². The molecule has 132 valence electrons. The van der Waals surface area contributed by atoms with Gasteiger partial charge in [0.2, 0.25) is 10.0 Å². The second-order valence-electron chi connectivity index (χ2n) is 6.43. The predicted molar refractivity (Wildman–Crippen MR) is 85.4 cm³/mol. The lowest BCUT2D eigenvalue weighted by atomic mass is 10.1. The smallest absolute Gasteiger partial charge is 0.307 e. The Morgan fingerprint density at radius 2 is 2.12 bits per heavy atom. The highest BCUT2D eigenvalue weighted by Gasteiger charge is 2.54. The fourth-order valence-electron chi connectivity index (χ4n) is 3.36. The second kappa shape index (κ2) is 6.02. The van der Waals surface area contributed by atoms with Gasteiger partial charge in [-0.25, -0.2) is 8.42 Å². The van der Waals surface area contributed by atoms with Crippen molar-refractivity contribution in [2.45, 2.75) is 48.6 Å². The monoisotopic (exact) mass is 355 g/mol. The van der Waals surface area contributed by atoms with Crippen molar-refractivity contribution in [3.05, 3.63) is 23.8 Å². The maximum Gasteiger partial charge on any atom is 0.307 e. The van der Waals surface area contributed by atoms with E-state index in [-0.39, 0.29) is 17.1 Å². The minimum absolute atomic E-state index is 0.0418. The Hall–Kier alpha value is -1.64. The summed E-state index contributed by atoms with van der Waals surface area (Å²) in [4.78, 5) is 10.9. The molecule has 1 heterocycles. The first kappa shape index (κ1) is 17.2. The van der Waals surface area contributed by atoms with Gasteiger partial charge < -0.3 is 14.9 Å². The van der Waals surface area contributed by atoms with Crippen LogP contribution in [0.3, 0.4) is 0 Å². The molecule has 2 fully saturated rings. The Bertz CT molecular complexity index is 756. The normalized spacial score (nSPS) is 23.2. The van der Waals surface area contributed by atoms with Crippen LogP contribution in [-0.2, 0) is 21.2 Å². The molecule has 1 unspecified atom stereocenters. The standard InChI is InChI=1S/C16H21NO6S/c1-23-12-5-4-11(10-15(18)19)9-13(12)24(21,22)17-8-2-3-14(17)16(20)6-7-16/h4-5,9,14,20H,2-3,6-8,10H2,1H3,(H,18,19). The van der Waals surface area contributed by atoms with Crippen molar-refractivity contribution < 1.29 is 28.2 Å². The lowest BCUT2D eigenvalue weighted by molar-refractivity contribution is -0.136. The molecular formula is C16H21NO6S. The SMILES string of the molecule is COc1ccc(CC(=O)O)cc1S(=O)(=O)N1CCCC1C1(O)CC1. The lowest BCUT2D eigenvalue weighted by Crippen LogP contribution is -2.44. The molecule has 3 rings (SSSR count). The average molecular weight is 355 g/mol. The number of carbonyl (C=O) groups is 1. The number of aliphatic hydroxyl groups is 1. The van der Waals surface area contributed by atoms with E-state index in [2.05, 4.69) is 0 Å². The van der Waals surface area contributed by atoms with Crippen LogP contribution in [0.15, 0.2) is 23.1 Å². The van der Waals surface area contributed by atoms with Gasteiger partial charge in [0.05, 0.1) is 25.2 Å². The van der Waals surface area contributed by atoms with Gasteiger partial charge in [0.1, 0.15) is 10.6 Å². The summed E-state index contributed by atoms with van der Waals surface area (Å²) in [6, 6.07) is 3.95. The van der Waals surface area contributed by atoms with Crippen molar-refractivity contribution in [2.75, 3.05) is 13.7 Å². The van der Waals surface area contributed by atoms with Gasteiger partial charge in [-0.15, -0.1) is 0 Å². The molecule has 7 nitrogen and oxygen atoms in total. The minimum Gasteiger partial charge on any atom is -0.495 e. The molecule has 1 saturated carbocycles. The zero-order chi connectivity index (χ0) is 17.5. The van der Waals surface area contributed by atoms with Gasteiger partial charge in [-0.1, -0.05) is 6.07 Å². The largest absolute Gasteiger partial charge is 0.495 e. The topological polar surface area (TPSA) is 104 Å². The number of hydrogen-bond acceptors (Lipinski definition) is 5. The molecule has 1 aliphatic carbocycles. The van der Waals surface area contributed by atoms with Gasteiger partial charge in [0.15, 0.2) is 0 Å². The zero-order valence-electron chi connectivity index (χ0n) is 13.4. The Morgan fingerprint density at radius 1 is 1.42 bits per heavy atom. The molecule has 0 radical (unpaired) electrons. The molecular weight excluding hydrogens is 334 g/mol. The first-order valence-corrected chi connectivity index (χ1v) is 9.35. The quantitative estimate of drug-likeness (QED) is 0.789. The van der Waals surface area contributed by atoms with Crippen LogP contribution in [0.4, 0.5) is 0 Å². The third kappa shape index (κ3) is 3.01. The van der Waals surface area contributed by atoms with Crippen molar-refractivity contribution in [3.8, 4) is 5.75 Å². The summed E-state index contributed by atoms with van der Waals surface area (Å²) in [5.41, 5.74) is -0.530. The third-order valence-corrected chi connectivity index (χ3v) is 6.69. The van der Waals surface area contributed by atoms with Gasteiger partial charge in [0.25, 0.3) is 0 Å². The Labute approximate surface area is 140 Å². The molecule has 1 aromatic carbocycles. The predicted octanol–water partition coefficient (Wildman–Crippen LogP) is 1.00. The van der Waals surface area contributed by atoms with E-state index in [1.54, 1.807) is 6.07 Å². The molecule has 0 amide bonds. The summed E-state index contributed by atoms with van der Waals surface area (Å²) in [5, 5.41) is 19.3. The number of carboxylic acids is 1. The zero-order valence-corrected chi connectivity index (χ0v) is 14.3. The van der Waals surface area contributed by atoms with E-state index in [9.17, 15) is 18.3 Å². The summed E-state index contributed by atoms with van der Waals surface area (Å²) in [6.07, 6.45) is 2.29. The van der Waals surface area contributed by atoms with E-state index in [1.165, 1.54) is 23.5 Å². The van der Waals surface area contributed by atoms with E-state index in [4.69, 9.17) is 9.84 Å². The molecule has 0 spiro atoms. The molecule has 1 aliphatic heterocycles. The number of methoxy groups -OCH3 is 1. The summed E-state index contributed by atoms with van der Waals surface area (Å²) in [7, 11) is -2.50. The van der Waals surface area contributed by atoms with Crippen molar-refractivity contribution in [1.82, 2.24) is 4.31 Å². The van der Waals surface area contributed by atoms with E-state index in [0.29, 0.717) is 37.8 Å². The molecule has 0 bridgehead atoms. The number of nitrogens with zero attached hydrogens (tertiary/aromatic N) is 1. The maximum atomic E-state index is 13.1. The van der Waals surface area contributed by atoms with Crippen molar-refractivity contribution in [1.29, 1.82) is 0 Å². The highest BCUT2D eigenvalue weighted by molar-refractivity contribution is 7.89.